The zero-order valence-corrected chi connectivity index (χ0v) is 14.9. The number of aromatic hydroxyl groups is 1. The molecule has 0 radical (unpaired) electrons. The van der Waals surface area contributed by atoms with E-state index in [4.69, 9.17) is 4.74 Å². The lowest BCUT2D eigenvalue weighted by atomic mass is 10.1. The lowest BCUT2D eigenvalue weighted by Gasteiger charge is -2.33. The Balaban J connectivity index is 1.39. The summed E-state index contributed by atoms with van der Waals surface area (Å²) >= 11 is 0. The van der Waals surface area contributed by atoms with Crippen LogP contribution in [0.3, 0.4) is 0 Å². The molecule has 26 heavy (non-hydrogen) atoms. The highest BCUT2D eigenvalue weighted by Crippen LogP contribution is 2.17. The Morgan fingerprint density at radius 3 is 2.73 bits per heavy atom. The van der Waals surface area contributed by atoms with Crippen molar-refractivity contribution in [2.45, 2.75) is 25.5 Å². The Kier molecular flexibility index (Phi) is 6.63. The van der Waals surface area contributed by atoms with Crippen LogP contribution in [0, 0.1) is 0 Å². The van der Waals surface area contributed by atoms with Crippen LogP contribution < -0.4 is 5.32 Å². The first kappa shape index (κ1) is 18.4. The maximum absolute atomic E-state index is 12.1. The molecule has 5 heteroatoms. The molecule has 1 amide bonds. The number of hydrogen-bond donors (Lipinski definition) is 2. The van der Waals surface area contributed by atoms with Gasteiger partial charge in [-0.25, -0.2) is 0 Å². The van der Waals surface area contributed by atoms with Crippen molar-refractivity contribution in [3.63, 3.8) is 0 Å². The number of phenols is 1. The van der Waals surface area contributed by atoms with E-state index in [2.05, 4.69) is 34.5 Å². The number of morpholine rings is 1. The van der Waals surface area contributed by atoms with Crippen LogP contribution >= 0.6 is 0 Å². The average Bonchev–Trinajstić information content (AvgIpc) is 2.67. The third-order valence-electron chi connectivity index (χ3n) is 4.61. The zero-order chi connectivity index (χ0) is 18.2. The van der Waals surface area contributed by atoms with E-state index < -0.39 is 0 Å². The van der Waals surface area contributed by atoms with Gasteiger partial charge in [-0.1, -0.05) is 48.5 Å². The summed E-state index contributed by atoms with van der Waals surface area (Å²) < 4.78 is 5.78. The van der Waals surface area contributed by atoms with Crippen LogP contribution in [0.25, 0.3) is 0 Å². The van der Waals surface area contributed by atoms with Crippen molar-refractivity contribution in [1.82, 2.24) is 10.2 Å². The number of amides is 1. The summed E-state index contributed by atoms with van der Waals surface area (Å²) in [5.41, 5.74) is 2.09. The van der Waals surface area contributed by atoms with Gasteiger partial charge in [0.15, 0.2) is 0 Å². The van der Waals surface area contributed by atoms with Gasteiger partial charge in [-0.2, -0.15) is 0 Å². The molecule has 1 aliphatic rings. The normalized spacial score (nSPS) is 17.8. The fourth-order valence-corrected chi connectivity index (χ4v) is 3.18. The molecular weight excluding hydrogens is 328 g/mol. The topological polar surface area (TPSA) is 61.8 Å². The quantitative estimate of drug-likeness (QED) is 0.801. The lowest BCUT2D eigenvalue weighted by molar-refractivity contribution is -0.122. The predicted molar refractivity (Wildman–Crippen MR) is 101 cm³/mol. The minimum atomic E-state index is -0.0166. The molecule has 138 valence electrons. The first-order chi connectivity index (χ1) is 12.7. The molecule has 0 aromatic heterocycles. The Bertz CT molecular complexity index is 705. The summed E-state index contributed by atoms with van der Waals surface area (Å²) in [6.45, 7) is 3.83. The average molecular weight is 354 g/mol. The number of hydrogen-bond acceptors (Lipinski definition) is 4. The van der Waals surface area contributed by atoms with Crippen molar-refractivity contribution in [3.05, 3.63) is 65.7 Å². The number of aryl methyl sites for hydroxylation is 1. The monoisotopic (exact) mass is 354 g/mol. The van der Waals surface area contributed by atoms with E-state index in [-0.39, 0.29) is 17.8 Å². The van der Waals surface area contributed by atoms with Crippen molar-refractivity contribution in [2.24, 2.45) is 0 Å². The summed E-state index contributed by atoms with van der Waals surface area (Å²) in [5, 5.41) is 12.7. The van der Waals surface area contributed by atoms with Gasteiger partial charge in [0.2, 0.25) is 5.91 Å². The third-order valence-corrected chi connectivity index (χ3v) is 4.61. The molecule has 3 rings (SSSR count). The molecule has 0 aliphatic carbocycles. The van der Waals surface area contributed by atoms with Crippen molar-refractivity contribution >= 4 is 5.91 Å². The number of nitrogens with zero attached hydrogens (tertiary/aromatic N) is 1. The van der Waals surface area contributed by atoms with Crippen LogP contribution in [0.4, 0.5) is 0 Å². The van der Waals surface area contributed by atoms with Crippen molar-refractivity contribution < 1.29 is 14.6 Å². The first-order valence-corrected chi connectivity index (χ1v) is 9.12. The maximum atomic E-state index is 12.1. The number of carbonyl (C=O) groups excluding carboxylic acids is 1. The molecule has 1 heterocycles. The number of benzene rings is 2. The van der Waals surface area contributed by atoms with Gasteiger partial charge in [0.05, 0.1) is 12.7 Å². The van der Waals surface area contributed by atoms with E-state index in [0.717, 1.165) is 25.2 Å². The molecule has 0 bridgehead atoms. The predicted octanol–water partition coefficient (Wildman–Crippen LogP) is 2.34. The second kappa shape index (κ2) is 9.36. The number of para-hydroxylation sites is 1. The van der Waals surface area contributed by atoms with E-state index in [1.165, 1.54) is 5.56 Å². The van der Waals surface area contributed by atoms with Crippen LogP contribution in [-0.2, 0) is 22.5 Å². The van der Waals surface area contributed by atoms with Gasteiger partial charge >= 0.3 is 0 Å². The SMILES string of the molecule is O=C(CCc1ccccc1O)NCC1CN(Cc2ccccc2)CCO1. The molecule has 2 aromatic rings. The molecule has 5 nitrogen and oxygen atoms in total. The Labute approximate surface area is 154 Å². The van der Waals surface area contributed by atoms with Gasteiger partial charge in [-0.05, 0) is 23.6 Å². The fourth-order valence-electron chi connectivity index (χ4n) is 3.18. The van der Waals surface area contributed by atoms with E-state index in [1.807, 2.05) is 18.2 Å². The molecule has 1 unspecified atom stereocenters. The Hall–Kier alpha value is -2.37. The molecular formula is C21H26N2O3. The zero-order valence-electron chi connectivity index (χ0n) is 14.9. The van der Waals surface area contributed by atoms with Gasteiger partial charge < -0.3 is 15.2 Å². The first-order valence-electron chi connectivity index (χ1n) is 9.12. The molecule has 1 aliphatic heterocycles. The Morgan fingerprint density at radius 2 is 1.92 bits per heavy atom. The third kappa shape index (κ3) is 5.58. The molecule has 1 saturated heterocycles. The highest BCUT2D eigenvalue weighted by Gasteiger charge is 2.21. The van der Waals surface area contributed by atoms with E-state index >= 15 is 0 Å². The number of carbonyl (C=O) groups is 1. The standard InChI is InChI=1S/C21H26N2O3/c24-20-9-5-4-8-18(20)10-11-21(25)22-14-19-16-23(12-13-26-19)15-17-6-2-1-3-7-17/h1-9,19,24H,10-16H2,(H,22,25). The van der Waals surface area contributed by atoms with Gasteiger partial charge in [-0.3, -0.25) is 9.69 Å². The largest absolute Gasteiger partial charge is 0.508 e. The number of rotatable bonds is 7. The maximum Gasteiger partial charge on any atom is 0.220 e. The van der Waals surface area contributed by atoms with Crippen LogP contribution in [0.2, 0.25) is 0 Å². The van der Waals surface area contributed by atoms with Crippen LogP contribution in [0.15, 0.2) is 54.6 Å². The molecule has 2 aromatic carbocycles. The molecule has 0 saturated carbocycles. The summed E-state index contributed by atoms with van der Waals surface area (Å²) in [4.78, 5) is 14.4. The summed E-state index contributed by atoms with van der Waals surface area (Å²) in [7, 11) is 0. The van der Waals surface area contributed by atoms with Crippen molar-refractivity contribution in [2.75, 3.05) is 26.2 Å². The van der Waals surface area contributed by atoms with Crippen molar-refractivity contribution in [1.29, 1.82) is 0 Å². The van der Waals surface area contributed by atoms with Crippen LogP contribution in [-0.4, -0.2) is 48.3 Å². The summed E-state index contributed by atoms with van der Waals surface area (Å²) in [6.07, 6.45) is 0.906. The van der Waals surface area contributed by atoms with E-state index in [1.54, 1.807) is 12.1 Å². The van der Waals surface area contributed by atoms with Gasteiger partial charge in [0.25, 0.3) is 0 Å². The molecule has 1 atom stereocenters. The molecule has 1 fully saturated rings. The van der Waals surface area contributed by atoms with Gasteiger partial charge in [0, 0.05) is 32.6 Å². The fraction of sp³-hybridized carbons (Fsp3) is 0.381. The second-order valence-corrected chi connectivity index (χ2v) is 6.65. The summed E-state index contributed by atoms with van der Waals surface area (Å²) in [5.74, 6) is 0.226. The van der Waals surface area contributed by atoms with Gasteiger partial charge in [-0.15, -0.1) is 0 Å². The van der Waals surface area contributed by atoms with E-state index in [9.17, 15) is 9.90 Å². The smallest absolute Gasteiger partial charge is 0.220 e. The molecule has 0 spiro atoms. The van der Waals surface area contributed by atoms with Gasteiger partial charge in [0.1, 0.15) is 5.75 Å². The minimum Gasteiger partial charge on any atom is -0.508 e. The van der Waals surface area contributed by atoms with Crippen LogP contribution in [0.5, 0.6) is 5.75 Å². The Morgan fingerprint density at radius 1 is 1.15 bits per heavy atom. The highest BCUT2D eigenvalue weighted by molar-refractivity contribution is 5.76. The minimum absolute atomic E-state index is 0.0153. The number of phenolic OH excluding ortho intramolecular Hbond substituents is 1. The number of ether oxygens (including phenoxy) is 1. The van der Waals surface area contributed by atoms with E-state index in [0.29, 0.717) is 26.0 Å². The summed E-state index contributed by atoms with van der Waals surface area (Å²) in [6, 6.07) is 17.5. The second-order valence-electron chi connectivity index (χ2n) is 6.65. The number of nitrogens with one attached hydrogen (secondary N) is 1. The lowest BCUT2D eigenvalue weighted by Crippen LogP contribution is -2.47. The highest BCUT2D eigenvalue weighted by atomic mass is 16.5. The van der Waals surface area contributed by atoms with Crippen molar-refractivity contribution in [3.8, 4) is 5.75 Å². The molecule has 2 N–H and O–H groups in total. The van der Waals surface area contributed by atoms with Crippen LogP contribution in [0.1, 0.15) is 17.5 Å².